The van der Waals surface area contributed by atoms with Gasteiger partial charge in [0.25, 0.3) is 5.91 Å². The first-order valence-electron chi connectivity index (χ1n) is 7.93. The largest absolute Gasteiger partial charge is 0.393 e. The van der Waals surface area contributed by atoms with Crippen molar-refractivity contribution < 1.29 is 14.7 Å². The number of benzene rings is 2. The standard InChI is InChI=1S/C19H18ClNO3/c20-14-7-5-13(6-8-14)18(23)16-3-1-2-4-17(16)19(24)21-11-9-15(22)10-12-21/h1-8,15,22H,9-12H2. The van der Waals surface area contributed by atoms with Crippen molar-refractivity contribution in [2.45, 2.75) is 18.9 Å². The summed E-state index contributed by atoms with van der Waals surface area (Å²) in [7, 11) is 0. The second kappa shape index (κ2) is 7.16. The highest BCUT2D eigenvalue weighted by Crippen LogP contribution is 2.20. The second-order valence-electron chi connectivity index (χ2n) is 5.90. The number of aliphatic hydroxyl groups excluding tert-OH is 1. The molecule has 1 heterocycles. The first-order valence-corrected chi connectivity index (χ1v) is 8.30. The fourth-order valence-corrected chi connectivity index (χ4v) is 2.99. The number of carbonyl (C=O) groups is 2. The molecule has 2 aromatic carbocycles. The molecule has 0 spiro atoms. The van der Waals surface area contributed by atoms with Gasteiger partial charge in [0.2, 0.25) is 0 Å². The zero-order valence-corrected chi connectivity index (χ0v) is 13.9. The Morgan fingerprint density at radius 3 is 2.17 bits per heavy atom. The summed E-state index contributed by atoms with van der Waals surface area (Å²) in [6.07, 6.45) is 0.790. The van der Waals surface area contributed by atoms with Gasteiger partial charge in [-0.1, -0.05) is 29.8 Å². The molecule has 0 bridgehead atoms. The van der Waals surface area contributed by atoms with E-state index >= 15 is 0 Å². The maximum Gasteiger partial charge on any atom is 0.254 e. The van der Waals surface area contributed by atoms with E-state index in [1.54, 1.807) is 53.4 Å². The number of carbonyl (C=O) groups excluding carboxylic acids is 2. The number of ketones is 1. The molecule has 0 saturated carbocycles. The summed E-state index contributed by atoms with van der Waals surface area (Å²) in [6.45, 7) is 1.01. The molecule has 5 heteroatoms. The van der Waals surface area contributed by atoms with Gasteiger partial charge < -0.3 is 10.0 Å². The molecule has 124 valence electrons. The van der Waals surface area contributed by atoms with Crippen LogP contribution in [0.2, 0.25) is 5.02 Å². The molecule has 0 aliphatic carbocycles. The summed E-state index contributed by atoms with van der Waals surface area (Å²) in [5.41, 5.74) is 1.28. The fourth-order valence-electron chi connectivity index (χ4n) is 2.86. The van der Waals surface area contributed by atoms with Crippen LogP contribution in [0.5, 0.6) is 0 Å². The Balaban J connectivity index is 1.89. The predicted molar refractivity (Wildman–Crippen MR) is 92.5 cm³/mol. The maximum atomic E-state index is 12.8. The molecule has 0 radical (unpaired) electrons. The molecule has 1 N–H and O–H groups in total. The van der Waals surface area contributed by atoms with Crippen LogP contribution in [0, 0.1) is 0 Å². The molecule has 1 saturated heterocycles. The molecule has 4 nitrogen and oxygen atoms in total. The molecular formula is C19H18ClNO3. The van der Waals surface area contributed by atoms with Gasteiger partial charge in [0, 0.05) is 29.2 Å². The van der Waals surface area contributed by atoms with Gasteiger partial charge in [-0.2, -0.15) is 0 Å². The van der Waals surface area contributed by atoms with Crippen LogP contribution in [0.25, 0.3) is 0 Å². The van der Waals surface area contributed by atoms with Crippen molar-refractivity contribution in [1.82, 2.24) is 4.90 Å². The van der Waals surface area contributed by atoms with Crippen LogP contribution in [0.3, 0.4) is 0 Å². The van der Waals surface area contributed by atoms with Crippen LogP contribution >= 0.6 is 11.6 Å². The molecule has 0 unspecified atom stereocenters. The number of piperidine rings is 1. The Labute approximate surface area is 145 Å². The minimum atomic E-state index is -0.347. The third-order valence-electron chi connectivity index (χ3n) is 4.26. The van der Waals surface area contributed by atoms with Crippen molar-refractivity contribution in [3.63, 3.8) is 0 Å². The van der Waals surface area contributed by atoms with Crippen molar-refractivity contribution >= 4 is 23.3 Å². The van der Waals surface area contributed by atoms with Crippen LogP contribution in [-0.2, 0) is 0 Å². The molecule has 24 heavy (non-hydrogen) atoms. The number of hydrogen-bond acceptors (Lipinski definition) is 3. The summed E-state index contributed by atoms with van der Waals surface area (Å²) in [4.78, 5) is 27.2. The average molecular weight is 344 g/mol. The summed E-state index contributed by atoms with van der Waals surface area (Å²) in [6, 6.07) is 13.5. The molecule has 0 aromatic heterocycles. The first kappa shape index (κ1) is 16.7. The van der Waals surface area contributed by atoms with Crippen molar-refractivity contribution in [1.29, 1.82) is 0 Å². The number of amides is 1. The highest BCUT2D eigenvalue weighted by molar-refractivity contribution is 6.30. The summed E-state index contributed by atoms with van der Waals surface area (Å²) in [5.74, 6) is -0.368. The number of nitrogens with zero attached hydrogens (tertiary/aromatic N) is 1. The van der Waals surface area contributed by atoms with E-state index in [1.807, 2.05) is 0 Å². The van der Waals surface area contributed by atoms with Crippen molar-refractivity contribution in [2.24, 2.45) is 0 Å². The fraction of sp³-hybridized carbons (Fsp3) is 0.263. The average Bonchev–Trinajstić information content (AvgIpc) is 2.62. The molecular weight excluding hydrogens is 326 g/mol. The van der Waals surface area contributed by atoms with Gasteiger partial charge in [-0.3, -0.25) is 9.59 Å². The Kier molecular flexibility index (Phi) is 4.97. The van der Waals surface area contributed by atoms with Crippen molar-refractivity contribution in [3.05, 3.63) is 70.2 Å². The van der Waals surface area contributed by atoms with Crippen LogP contribution < -0.4 is 0 Å². The van der Waals surface area contributed by atoms with Gasteiger partial charge in [0.1, 0.15) is 0 Å². The highest BCUT2D eigenvalue weighted by Gasteiger charge is 2.25. The van der Waals surface area contributed by atoms with E-state index in [0.717, 1.165) is 0 Å². The van der Waals surface area contributed by atoms with E-state index in [1.165, 1.54) is 0 Å². The third-order valence-corrected chi connectivity index (χ3v) is 4.51. The Morgan fingerprint density at radius 2 is 1.54 bits per heavy atom. The smallest absolute Gasteiger partial charge is 0.254 e. The van der Waals surface area contributed by atoms with E-state index in [9.17, 15) is 14.7 Å². The Hall–Kier alpha value is -2.17. The lowest BCUT2D eigenvalue weighted by atomic mass is 9.97. The maximum absolute atomic E-state index is 12.8. The van der Waals surface area contributed by atoms with Gasteiger partial charge in [0.15, 0.2) is 5.78 Å². The number of halogens is 1. The van der Waals surface area contributed by atoms with Crippen molar-refractivity contribution in [3.8, 4) is 0 Å². The molecule has 1 fully saturated rings. The van der Waals surface area contributed by atoms with E-state index in [-0.39, 0.29) is 17.8 Å². The van der Waals surface area contributed by atoms with E-state index < -0.39 is 0 Å². The topological polar surface area (TPSA) is 57.6 Å². The predicted octanol–water partition coefficient (Wildman–Crippen LogP) is 3.17. The van der Waals surface area contributed by atoms with Gasteiger partial charge in [-0.25, -0.2) is 0 Å². The first-order chi connectivity index (χ1) is 11.6. The molecule has 3 rings (SSSR count). The SMILES string of the molecule is O=C(c1ccc(Cl)cc1)c1ccccc1C(=O)N1CCC(O)CC1. The van der Waals surface area contributed by atoms with Crippen LogP contribution in [-0.4, -0.2) is 40.9 Å². The van der Waals surface area contributed by atoms with Gasteiger partial charge in [-0.05, 0) is 43.2 Å². The van der Waals surface area contributed by atoms with Crippen molar-refractivity contribution in [2.75, 3.05) is 13.1 Å². The minimum absolute atomic E-state index is 0.167. The minimum Gasteiger partial charge on any atom is -0.393 e. The van der Waals surface area contributed by atoms with Crippen LogP contribution in [0.15, 0.2) is 48.5 Å². The monoisotopic (exact) mass is 343 g/mol. The Bertz CT molecular complexity index is 749. The third kappa shape index (κ3) is 3.50. The molecule has 1 amide bonds. The van der Waals surface area contributed by atoms with Gasteiger partial charge in [0.05, 0.1) is 11.7 Å². The molecule has 0 atom stereocenters. The summed E-state index contributed by atoms with van der Waals surface area (Å²) < 4.78 is 0. The highest BCUT2D eigenvalue weighted by atomic mass is 35.5. The number of aliphatic hydroxyl groups is 1. The Morgan fingerprint density at radius 1 is 0.958 bits per heavy atom. The molecule has 2 aromatic rings. The van der Waals surface area contributed by atoms with E-state index in [0.29, 0.717) is 47.6 Å². The number of rotatable bonds is 3. The van der Waals surface area contributed by atoms with E-state index in [2.05, 4.69) is 0 Å². The lowest BCUT2D eigenvalue weighted by molar-refractivity contribution is 0.0544. The second-order valence-corrected chi connectivity index (χ2v) is 6.34. The summed E-state index contributed by atoms with van der Waals surface area (Å²) in [5, 5.41) is 10.1. The lowest BCUT2D eigenvalue weighted by Gasteiger charge is -2.30. The molecule has 1 aliphatic heterocycles. The zero-order chi connectivity index (χ0) is 17.1. The van der Waals surface area contributed by atoms with Gasteiger partial charge in [-0.15, -0.1) is 0 Å². The van der Waals surface area contributed by atoms with Crippen LogP contribution in [0.1, 0.15) is 39.1 Å². The normalized spacial score (nSPS) is 15.3. The van der Waals surface area contributed by atoms with Crippen LogP contribution in [0.4, 0.5) is 0 Å². The van der Waals surface area contributed by atoms with Gasteiger partial charge >= 0.3 is 0 Å². The zero-order valence-electron chi connectivity index (χ0n) is 13.1. The quantitative estimate of drug-likeness (QED) is 0.871. The van der Waals surface area contributed by atoms with E-state index in [4.69, 9.17) is 11.6 Å². The lowest BCUT2D eigenvalue weighted by Crippen LogP contribution is -2.40. The number of likely N-dealkylation sites (tertiary alicyclic amines) is 1. The summed E-state index contributed by atoms with van der Waals surface area (Å²) >= 11 is 5.86. The molecule has 1 aliphatic rings. The number of hydrogen-bond donors (Lipinski definition) is 1.